The van der Waals surface area contributed by atoms with Crippen LogP contribution in [0.5, 0.6) is 0 Å². The van der Waals surface area contributed by atoms with E-state index < -0.39 is 0 Å². The third-order valence-corrected chi connectivity index (χ3v) is 1.95. The Morgan fingerprint density at radius 2 is 1.78 bits per heavy atom. The molecular weight excluding hydrogens is 215 g/mol. The molecule has 1 rings (SSSR count). The van der Waals surface area contributed by atoms with Crippen molar-refractivity contribution in [2.24, 2.45) is 0 Å². The van der Waals surface area contributed by atoms with E-state index in [9.17, 15) is 0 Å². The molecule has 0 fully saturated rings. The molecule has 0 bridgehead atoms. The fourth-order valence-electron chi connectivity index (χ4n) is 0.949. The molecule has 0 heterocycles. The van der Waals surface area contributed by atoms with Crippen molar-refractivity contribution in [2.45, 2.75) is 27.2 Å². The quantitative estimate of drug-likeness (QED) is 0.557. The zero-order chi connectivity index (χ0) is 6.15. The van der Waals surface area contributed by atoms with Crippen LogP contribution in [0.25, 0.3) is 0 Å². The van der Waals surface area contributed by atoms with E-state index in [1.54, 1.807) is 0 Å². The van der Waals surface area contributed by atoms with Crippen molar-refractivity contribution in [1.82, 2.24) is 0 Å². The third kappa shape index (κ3) is 1.85. The molecule has 1 aliphatic rings. The predicted octanol–water partition coefficient (Wildman–Crippen LogP) is 2.29. The topological polar surface area (TPSA) is 0 Å². The summed E-state index contributed by atoms with van der Waals surface area (Å²) in [4.78, 5) is 0. The van der Waals surface area contributed by atoms with Gasteiger partial charge >= 0.3 is 0 Å². The minimum atomic E-state index is 0. The van der Waals surface area contributed by atoms with Crippen LogP contribution in [0.1, 0.15) is 27.2 Å². The number of allylic oxidation sites excluding steroid dienone is 4. The van der Waals surface area contributed by atoms with E-state index in [1.165, 1.54) is 23.1 Å². The zero-order valence-electron chi connectivity index (χ0n) is 6.28. The standard InChI is InChI=1S/C8H12.Sn/c1-6-4-5-7(2)8(6)3;/h4H,5H2,1-3H3;. The van der Waals surface area contributed by atoms with Gasteiger partial charge in [0.2, 0.25) is 0 Å². The number of hydrogen-bond acceptors (Lipinski definition) is 0. The second-order valence-electron chi connectivity index (χ2n) is 2.50. The molecule has 0 aliphatic heterocycles. The van der Waals surface area contributed by atoms with Crippen LogP contribution in [-0.4, -0.2) is 23.9 Å². The third-order valence-electron chi connectivity index (χ3n) is 1.95. The molecule has 9 heavy (non-hydrogen) atoms. The molecule has 0 amide bonds. The largest absolute Gasteiger partial charge is 0.0773 e. The molecule has 1 heteroatoms. The average molecular weight is 227 g/mol. The average Bonchev–Trinajstić information content (AvgIpc) is 1.98. The zero-order valence-corrected chi connectivity index (χ0v) is 9.14. The fourth-order valence-corrected chi connectivity index (χ4v) is 0.949. The number of hydrogen-bond donors (Lipinski definition) is 0. The Hall–Kier alpha value is 0.279. The summed E-state index contributed by atoms with van der Waals surface area (Å²) in [7, 11) is 0. The van der Waals surface area contributed by atoms with Gasteiger partial charge in [-0.15, -0.1) is 0 Å². The molecule has 48 valence electrons. The summed E-state index contributed by atoms with van der Waals surface area (Å²) < 4.78 is 0. The van der Waals surface area contributed by atoms with Crippen LogP contribution in [0.2, 0.25) is 0 Å². The Balaban J connectivity index is 0.000000640. The van der Waals surface area contributed by atoms with E-state index in [0.717, 1.165) is 0 Å². The summed E-state index contributed by atoms with van der Waals surface area (Å²) in [5.41, 5.74) is 4.48. The number of rotatable bonds is 0. The first-order chi connectivity index (χ1) is 3.72. The maximum absolute atomic E-state index is 2.28. The maximum atomic E-state index is 2.28. The smallest absolute Gasteiger partial charge is 0 e. The maximum Gasteiger partial charge on any atom is 0 e. The van der Waals surface area contributed by atoms with Gasteiger partial charge in [-0.2, -0.15) is 0 Å². The Kier molecular flexibility index (Phi) is 3.55. The van der Waals surface area contributed by atoms with E-state index in [0.29, 0.717) is 0 Å². The molecule has 0 aromatic heterocycles. The molecule has 0 saturated carbocycles. The SMILES string of the molecule is CC1=CCC(C)=C1C.[Sn]. The van der Waals surface area contributed by atoms with Crippen LogP contribution in [0.3, 0.4) is 0 Å². The van der Waals surface area contributed by atoms with Crippen molar-refractivity contribution in [3.05, 3.63) is 22.8 Å². The predicted molar refractivity (Wildman–Crippen MR) is 42.5 cm³/mol. The van der Waals surface area contributed by atoms with Gasteiger partial charge in [0.1, 0.15) is 0 Å². The first-order valence-electron chi connectivity index (χ1n) is 3.05. The molecular formula is C8H12Sn. The van der Waals surface area contributed by atoms with E-state index in [2.05, 4.69) is 26.8 Å². The molecule has 0 N–H and O–H groups in total. The van der Waals surface area contributed by atoms with Gasteiger partial charge in [-0.05, 0) is 32.8 Å². The van der Waals surface area contributed by atoms with Crippen LogP contribution in [0.4, 0.5) is 0 Å². The first-order valence-corrected chi connectivity index (χ1v) is 3.05. The Morgan fingerprint density at radius 3 is 1.89 bits per heavy atom. The second-order valence-corrected chi connectivity index (χ2v) is 2.50. The van der Waals surface area contributed by atoms with Gasteiger partial charge in [0.15, 0.2) is 0 Å². The summed E-state index contributed by atoms with van der Waals surface area (Å²) in [6.45, 7) is 6.56. The minimum absolute atomic E-state index is 0. The fraction of sp³-hybridized carbons (Fsp3) is 0.500. The molecule has 0 nitrogen and oxygen atoms in total. The van der Waals surface area contributed by atoms with Crippen LogP contribution in [-0.2, 0) is 0 Å². The summed E-state index contributed by atoms with van der Waals surface area (Å²) in [5, 5.41) is 0. The molecule has 0 aromatic carbocycles. The van der Waals surface area contributed by atoms with Gasteiger partial charge in [0, 0.05) is 23.9 Å². The molecule has 1 aliphatic carbocycles. The van der Waals surface area contributed by atoms with Crippen LogP contribution < -0.4 is 0 Å². The van der Waals surface area contributed by atoms with E-state index in [4.69, 9.17) is 0 Å². The molecule has 0 atom stereocenters. The van der Waals surface area contributed by atoms with Gasteiger partial charge < -0.3 is 0 Å². The molecule has 0 spiro atoms. The van der Waals surface area contributed by atoms with Crippen molar-refractivity contribution in [1.29, 1.82) is 0 Å². The van der Waals surface area contributed by atoms with Gasteiger partial charge in [-0.1, -0.05) is 17.2 Å². The van der Waals surface area contributed by atoms with Crippen molar-refractivity contribution in [2.75, 3.05) is 0 Å². The van der Waals surface area contributed by atoms with Crippen molar-refractivity contribution < 1.29 is 0 Å². The summed E-state index contributed by atoms with van der Waals surface area (Å²) >= 11 is 0. The van der Waals surface area contributed by atoms with E-state index in [-0.39, 0.29) is 23.9 Å². The first kappa shape index (κ1) is 9.28. The summed E-state index contributed by atoms with van der Waals surface area (Å²) in [5.74, 6) is 0. The minimum Gasteiger partial charge on any atom is -0.0773 e. The molecule has 4 radical (unpaired) electrons. The van der Waals surface area contributed by atoms with Crippen molar-refractivity contribution >= 4 is 23.9 Å². The van der Waals surface area contributed by atoms with Crippen LogP contribution >= 0.6 is 0 Å². The Morgan fingerprint density at radius 1 is 1.22 bits per heavy atom. The van der Waals surface area contributed by atoms with Gasteiger partial charge in [-0.25, -0.2) is 0 Å². The van der Waals surface area contributed by atoms with E-state index >= 15 is 0 Å². The monoisotopic (exact) mass is 228 g/mol. The van der Waals surface area contributed by atoms with Crippen LogP contribution in [0.15, 0.2) is 22.8 Å². The van der Waals surface area contributed by atoms with Crippen molar-refractivity contribution in [3.63, 3.8) is 0 Å². The van der Waals surface area contributed by atoms with Gasteiger partial charge in [0.25, 0.3) is 0 Å². The Labute approximate surface area is 74.0 Å². The second kappa shape index (κ2) is 3.45. The summed E-state index contributed by atoms with van der Waals surface area (Å²) in [6, 6.07) is 0. The van der Waals surface area contributed by atoms with Gasteiger partial charge in [0.05, 0.1) is 0 Å². The summed E-state index contributed by atoms with van der Waals surface area (Å²) in [6.07, 6.45) is 3.46. The van der Waals surface area contributed by atoms with Gasteiger partial charge in [-0.3, -0.25) is 0 Å². The normalized spacial score (nSPS) is 17.4. The Bertz CT molecular complexity index is 158. The van der Waals surface area contributed by atoms with E-state index in [1.807, 2.05) is 0 Å². The molecule has 0 unspecified atom stereocenters. The van der Waals surface area contributed by atoms with Crippen LogP contribution in [0, 0.1) is 0 Å². The molecule has 0 aromatic rings. The van der Waals surface area contributed by atoms with Crippen molar-refractivity contribution in [3.8, 4) is 0 Å². The molecule has 0 saturated heterocycles.